The lowest BCUT2D eigenvalue weighted by atomic mass is 9.91. The number of carbonyl (C=O) groups is 1. The number of hydrogen-bond acceptors (Lipinski definition) is 3. The number of amides is 2. The fraction of sp³-hybridized carbons (Fsp3) is 0.391. The number of aromatic amines is 1. The van der Waals surface area contributed by atoms with Gasteiger partial charge >= 0.3 is 6.03 Å². The lowest BCUT2D eigenvalue weighted by molar-refractivity contribution is 0.172. The molecule has 6 nitrogen and oxygen atoms in total. The van der Waals surface area contributed by atoms with Crippen LogP contribution in [0.15, 0.2) is 48.7 Å². The van der Waals surface area contributed by atoms with Gasteiger partial charge in [0.1, 0.15) is 5.82 Å². The lowest BCUT2D eigenvalue weighted by Gasteiger charge is -2.32. The second-order valence-electron chi connectivity index (χ2n) is 8.05. The molecule has 1 unspecified atom stereocenters. The van der Waals surface area contributed by atoms with Crippen LogP contribution < -0.4 is 10.6 Å². The van der Waals surface area contributed by atoms with Crippen LogP contribution in [0.4, 0.5) is 14.9 Å². The summed E-state index contributed by atoms with van der Waals surface area (Å²) in [5, 5.41) is 13.7. The number of likely N-dealkylation sites (tertiary alicyclic amines) is 1. The average Bonchev–Trinajstić information content (AvgIpc) is 3.21. The fourth-order valence-corrected chi connectivity index (χ4v) is 4.17. The maximum Gasteiger partial charge on any atom is 0.319 e. The number of anilines is 1. The zero-order chi connectivity index (χ0) is 20.8. The minimum Gasteiger partial charge on any atom is -0.338 e. The molecular weight excluding hydrogens is 381 g/mol. The largest absolute Gasteiger partial charge is 0.338 e. The minimum absolute atomic E-state index is 0.178. The fourth-order valence-electron chi connectivity index (χ4n) is 4.17. The summed E-state index contributed by atoms with van der Waals surface area (Å²) in [7, 11) is 0. The zero-order valence-electron chi connectivity index (χ0n) is 17.0. The number of halogens is 1. The van der Waals surface area contributed by atoms with Gasteiger partial charge in [0.05, 0.1) is 11.7 Å². The van der Waals surface area contributed by atoms with Crippen LogP contribution >= 0.6 is 0 Å². The smallest absolute Gasteiger partial charge is 0.319 e. The van der Waals surface area contributed by atoms with Crippen LogP contribution in [0, 0.1) is 11.7 Å². The van der Waals surface area contributed by atoms with Crippen LogP contribution in [-0.4, -0.2) is 47.3 Å². The first-order valence-corrected chi connectivity index (χ1v) is 10.6. The van der Waals surface area contributed by atoms with Crippen molar-refractivity contribution >= 4 is 22.6 Å². The molecule has 1 saturated heterocycles. The van der Waals surface area contributed by atoms with Crippen molar-refractivity contribution in [3.05, 3.63) is 60.0 Å². The molecule has 3 aromatic rings. The summed E-state index contributed by atoms with van der Waals surface area (Å²) in [6.07, 6.45) is 6.07. The molecule has 1 atom stereocenters. The number of nitrogens with one attached hydrogen (secondary N) is 3. The molecule has 1 aromatic heterocycles. The van der Waals surface area contributed by atoms with E-state index in [0.29, 0.717) is 12.5 Å². The standard InChI is InChI=1S/C23H28FN5O/c24-20-7-4-17(5-8-20)13-18-3-1-11-29(16-18)12-2-10-25-23(30)27-21-9-6-19-15-26-28-22(19)14-21/h4-9,14-15,18H,1-3,10-13,16H2,(H,26,28)(H2,25,27,30). The van der Waals surface area contributed by atoms with E-state index in [0.717, 1.165) is 49.1 Å². The zero-order valence-corrected chi connectivity index (χ0v) is 17.0. The summed E-state index contributed by atoms with van der Waals surface area (Å²) in [6.45, 7) is 3.78. The van der Waals surface area contributed by atoms with Crippen LogP contribution in [0.1, 0.15) is 24.8 Å². The van der Waals surface area contributed by atoms with E-state index in [4.69, 9.17) is 0 Å². The van der Waals surface area contributed by atoms with Crippen molar-refractivity contribution in [2.45, 2.75) is 25.7 Å². The second-order valence-corrected chi connectivity index (χ2v) is 8.05. The SMILES string of the molecule is O=C(NCCCN1CCCC(Cc2ccc(F)cc2)C1)Nc1ccc2cn[nH]c2c1. The predicted octanol–water partition coefficient (Wildman–Crippen LogP) is 4.17. The van der Waals surface area contributed by atoms with Crippen molar-refractivity contribution in [1.82, 2.24) is 20.4 Å². The van der Waals surface area contributed by atoms with Crippen LogP contribution in [0.2, 0.25) is 0 Å². The Kier molecular flexibility index (Phi) is 6.59. The van der Waals surface area contributed by atoms with E-state index in [1.165, 1.54) is 18.4 Å². The minimum atomic E-state index is -0.193. The van der Waals surface area contributed by atoms with Gasteiger partial charge in [-0.15, -0.1) is 0 Å². The molecule has 0 aliphatic carbocycles. The Labute approximate surface area is 175 Å². The molecule has 0 saturated carbocycles. The van der Waals surface area contributed by atoms with Gasteiger partial charge < -0.3 is 15.5 Å². The van der Waals surface area contributed by atoms with Crippen molar-refractivity contribution in [3.8, 4) is 0 Å². The molecule has 0 bridgehead atoms. The highest BCUT2D eigenvalue weighted by atomic mass is 19.1. The van der Waals surface area contributed by atoms with Crippen molar-refractivity contribution < 1.29 is 9.18 Å². The number of benzene rings is 2. The number of aromatic nitrogens is 2. The van der Waals surface area contributed by atoms with Crippen LogP contribution in [0.5, 0.6) is 0 Å². The Hall–Kier alpha value is -2.93. The summed E-state index contributed by atoms with van der Waals surface area (Å²) in [5.74, 6) is 0.431. The van der Waals surface area contributed by atoms with E-state index in [2.05, 4.69) is 25.7 Å². The Morgan fingerprint density at radius 3 is 2.97 bits per heavy atom. The van der Waals surface area contributed by atoms with E-state index >= 15 is 0 Å². The summed E-state index contributed by atoms with van der Waals surface area (Å²) < 4.78 is 13.1. The number of hydrogen-bond donors (Lipinski definition) is 3. The van der Waals surface area contributed by atoms with Gasteiger partial charge in [0.2, 0.25) is 0 Å². The number of nitrogens with zero attached hydrogens (tertiary/aromatic N) is 2. The maximum atomic E-state index is 13.1. The molecule has 3 N–H and O–H groups in total. The average molecular weight is 410 g/mol. The third kappa shape index (κ3) is 5.57. The summed E-state index contributed by atoms with van der Waals surface area (Å²) in [6, 6.07) is 12.3. The second kappa shape index (κ2) is 9.71. The van der Waals surface area contributed by atoms with E-state index in [1.807, 2.05) is 30.3 Å². The Bertz CT molecular complexity index is 971. The van der Waals surface area contributed by atoms with Gasteiger partial charge in [0, 0.05) is 24.2 Å². The van der Waals surface area contributed by atoms with E-state index in [1.54, 1.807) is 18.3 Å². The lowest BCUT2D eigenvalue weighted by Crippen LogP contribution is -2.38. The third-order valence-corrected chi connectivity index (χ3v) is 5.68. The number of urea groups is 1. The molecule has 2 heterocycles. The maximum absolute atomic E-state index is 13.1. The molecule has 30 heavy (non-hydrogen) atoms. The molecule has 158 valence electrons. The molecule has 1 fully saturated rings. The van der Waals surface area contributed by atoms with Crippen LogP contribution in [-0.2, 0) is 6.42 Å². The van der Waals surface area contributed by atoms with Crippen molar-refractivity contribution in [2.75, 3.05) is 31.5 Å². The van der Waals surface area contributed by atoms with Gasteiger partial charge in [-0.2, -0.15) is 5.10 Å². The topological polar surface area (TPSA) is 73.1 Å². The molecular formula is C23H28FN5O. The first-order valence-electron chi connectivity index (χ1n) is 10.6. The van der Waals surface area contributed by atoms with Crippen molar-refractivity contribution in [2.24, 2.45) is 5.92 Å². The summed E-state index contributed by atoms with van der Waals surface area (Å²) >= 11 is 0. The number of piperidine rings is 1. The number of rotatable bonds is 7. The number of carbonyl (C=O) groups excluding carboxylic acids is 1. The summed E-state index contributed by atoms with van der Waals surface area (Å²) in [5.41, 5.74) is 2.84. The van der Waals surface area contributed by atoms with Gasteiger partial charge in [-0.05, 0) is 80.6 Å². The number of fused-ring (bicyclic) bond motifs is 1. The van der Waals surface area contributed by atoms with Gasteiger partial charge in [-0.1, -0.05) is 12.1 Å². The number of H-pyrrole nitrogens is 1. The molecule has 1 aliphatic heterocycles. The highest BCUT2D eigenvalue weighted by Gasteiger charge is 2.19. The highest BCUT2D eigenvalue weighted by Crippen LogP contribution is 2.21. The quantitative estimate of drug-likeness (QED) is 0.513. The molecule has 4 rings (SSSR count). The Morgan fingerprint density at radius 2 is 2.10 bits per heavy atom. The molecule has 0 spiro atoms. The Balaban J connectivity index is 1.15. The van der Waals surface area contributed by atoms with E-state index < -0.39 is 0 Å². The van der Waals surface area contributed by atoms with Crippen molar-refractivity contribution in [1.29, 1.82) is 0 Å². The first kappa shape index (κ1) is 20.3. The van der Waals surface area contributed by atoms with Gasteiger partial charge in [0.15, 0.2) is 0 Å². The molecule has 0 radical (unpaired) electrons. The first-order chi connectivity index (χ1) is 14.7. The van der Waals surface area contributed by atoms with E-state index in [-0.39, 0.29) is 11.8 Å². The van der Waals surface area contributed by atoms with Gasteiger partial charge in [0.25, 0.3) is 0 Å². The molecule has 2 aromatic carbocycles. The van der Waals surface area contributed by atoms with Crippen molar-refractivity contribution in [3.63, 3.8) is 0 Å². The third-order valence-electron chi connectivity index (χ3n) is 5.68. The monoisotopic (exact) mass is 409 g/mol. The van der Waals surface area contributed by atoms with Gasteiger partial charge in [-0.3, -0.25) is 5.10 Å². The van der Waals surface area contributed by atoms with E-state index in [9.17, 15) is 9.18 Å². The highest BCUT2D eigenvalue weighted by molar-refractivity contribution is 5.92. The Morgan fingerprint density at radius 1 is 1.23 bits per heavy atom. The molecule has 7 heteroatoms. The van der Waals surface area contributed by atoms with Crippen LogP contribution in [0.25, 0.3) is 10.9 Å². The molecule has 1 aliphatic rings. The van der Waals surface area contributed by atoms with Crippen LogP contribution in [0.3, 0.4) is 0 Å². The molecule has 2 amide bonds. The predicted molar refractivity (Wildman–Crippen MR) is 117 cm³/mol. The summed E-state index contributed by atoms with van der Waals surface area (Å²) in [4.78, 5) is 14.6. The normalized spacial score (nSPS) is 17.2. The van der Waals surface area contributed by atoms with Gasteiger partial charge in [-0.25, -0.2) is 9.18 Å².